The van der Waals surface area contributed by atoms with E-state index in [4.69, 9.17) is 0 Å². The topological polar surface area (TPSA) is 0 Å². The van der Waals surface area contributed by atoms with Gasteiger partial charge in [0, 0.05) is 6.42 Å². The van der Waals surface area contributed by atoms with Crippen molar-refractivity contribution in [1.82, 2.24) is 0 Å². The first-order chi connectivity index (χ1) is 12.1. The third-order valence-electron chi connectivity index (χ3n) is 3.81. The Kier molecular flexibility index (Phi) is 7.36. The van der Waals surface area contributed by atoms with Crippen LogP contribution in [0.15, 0.2) is 0 Å². The van der Waals surface area contributed by atoms with Crippen LogP contribution in [0.1, 0.15) is 39.0 Å². The highest BCUT2D eigenvalue weighted by molar-refractivity contribution is 5.16. The van der Waals surface area contributed by atoms with Crippen LogP contribution in [0.25, 0.3) is 0 Å². The minimum absolute atomic E-state index is 0.101. The van der Waals surface area contributed by atoms with E-state index in [-0.39, 0.29) is 12.8 Å². The standard InChI is InChI=1S/C13H13F15/c1-2-3-4-5-6-7(14,15)9(17,18)11(21,22)10(19,20)8(16,12(23,24)25)13(26,27)28/h2-6H2,1H3. The van der Waals surface area contributed by atoms with Crippen LogP contribution in [0.4, 0.5) is 65.9 Å². The molecule has 0 bridgehead atoms. The van der Waals surface area contributed by atoms with Crippen molar-refractivity contribution in [3.8, 4) is 0 Å². The Morgan fingerprint density at radius 3 is 1.18 bits per heavy atom. The van der Waals surface area contributed by atoms with Crippen molar-refractivity contribution in [2.24, 2.45) is 0 Å². The lowest BCUT2D eigenvalue weighted by molar-refractivity contribution is -0.457. The molecule has 0 radical (unpaired) electrons. The second-order valence-corrected chi connectivity index (χ2v) is 5.89. The molecule has 0 aliphatic carbocycles. The first-order valence-corrected chi connectivity index (χ1v) is 7.40. The predicted molar refractivity (Wildman–Crippen MR) is 64.5 cm³/mol. The number of unbranched alkanes of at least 4 members (excludes halogenated alkanes) is 3. The quantitative estimate of drug-likeness (QED) is 0.253. The lowest BCUT2D eigenvalue weighted by atomic mass is 9.85. The van der Waals surface area contributed by atoms with Crippen LogP contribution in [0.3, 0.4) is 0 Å². The molecule has 0 aromatic heterocycles. The summed E-state index contributed by atoms with van der Waals surface area (Å²) in [5.41, 5.74) is -8.22. The number of rotatable bonds is 9. The molecule has 0 rings (SSSR count). The maximum absolute atomic E-state index is 13.4. The molecule has 0 fully saturated rings. The van der Waals surface area contributed by atoms with Gasteiger partial charge in [-0.25, -0.2) is 4.39 Å². The number of halogens is 15. The van der Waals surface area contributed by atoms with Gasteiger partial charge >= 0.3 is 41.7 Å². The van der Waals surface area contributed by atoms with Gasteiger partial charge in [-0.1, -0.05) is 26.2 Å². The average molecular weight is 454 g/mol. The molecule has 0 unspecified atom stereocenters. The summed E-state index contributed by atoms with van der Waals surface area (Å²) in [4.78, 5) is 0. The van der Waals surface area contributed by atoms with Crippen molar-refractivity contribution < 1.29 is 65.9 Å². The Morgan fingerprint density at radius 2 is 0.857 bits per heavy atom. The van der Waals surface area contributed by atoms with E-state index in [9.17, 15) is 65.9 Å². The second-order valence-electron chi connectivity index (χ2n) is 5.89. The van der Waals surface area contributed by atoms with Gasteiger partial charge in [0.1, 0.15) is 0 Å². The molecule has 28 heavy (non-hydrogen) atoms. The van der Waals surface area contributed by atoms with E-state index in [1.807, 2.05) is 0 Å². The molecule has 0 N–H and O–H groups in total. The van der Waals surface area contributed by atoms with Gasteiger partial charge in [-0.3, -0.25) is 0 Å². The van der Waals surface area contributed by atoms with E-state index in [0.29, 0.717) is 6.42 Å². The molecule has 0 aromatic rings. The maximum Gasteiger partial charge on any atom is 0.438 e. The summed E-state index contributed by atoms with van der Waals surface area (Å²) in [7, 11) is 0. The van der Waals surface area contributed by atoms with Gasteiger partial charge in [0.2, 0.25) is 0 Å². The highest BCUT2D eigenvalue weighted by Gasteiger charge is 2.95. The van der Waals surface area contributed by atoms with Crippen LogP contribution in [0, 0.1) is 0 Å². The Balaban J connectivity index is 6.29. The summed E-state index contributed by atoms with van der Waals surface area (Å²) >= 11 is 0. The highest BCUT2D eigenvalue weighted by Crippen LogP contribution is 2.64. The zero-order valence-corrected chi connectivity index (χ0v) is 13.7. The Bertz CT molecular complexity index is 499. The summed E-state index contributed by atoms with van der Waals surface area (Å²) in [5.74, 6) is -30.0. The van der Waals surface area contributed by atoms with Crippen molar-refractivity contribution in [3.63, 3.8) is 0 Å². The molecule has 0 saturated heterocycles. The van der Waals surface area contributed by atoms with Gasteiger partial charge in [-0.2, -0.15) is 61.5 Å². The monoisotopic (exact) mass is 454 g/mol. The molecule has 0 nitrogen and oxygen atoms in total. The van der Waals surface area contributed by atoms with Crippen LogP contribution in [0.5, 0.6) is 0 Å². The predicted octanol–water partition coefficient (Wildman–Crippen LogP) is 7.33. The van der Waals surface area contributed by atoms with Crippen LogP contribution < -0.4 is 0 Å². The highest BCUT2D eigenvalue weighted by atomic mass is 19.4. The van der Waals surface area contributed by atoms with E-state index >= 15 is 0 Å². The minimum atomic E-state index is -8.33. The SMILES string of the molecule is CCCCCCC(F)(F)C(F)(F)C(F)(F)C(F)(F)C(F)(C(F)(F)F)C(F)(F)F. The fourth-order valence-corrected chi connectivity index (χ4v) is 2.09. The molecule has 170 valence electrons. The first kappa shape index (κ1) is 27.0. The van der Waals surface area contributed by atoms with Crippen molar-refractivity contribution in [2.75, 3.05) is 0 Å². The van der Waals surface area contributed by atoms with Gasteiger partial charge < -0.3 is 0 Å². The lowest BCUT2D eigenvalue weighted by Crippen LogP contribution is -2.75. The van der Waals surface area contributed by atoms with Crippen molar-refractivity contribution >= 4 is 0 Å². The van der Waals surface area contributed by atoms with Crippen LogP contribution in [0.2, 0.25) is 0 Å². The largest absolute Gasteiger partial charge is 0.438 e. The van der Waals surface area contributed by atoms with Crippen molar-refractivity contribution in [3.05, 3.63) is 0 Å². The van der Waals surface area contributed by atoms with E-state index in [2.05, 4.69) is 0 Å². The van der Waals surface area contributed by atoms with Gasteiger partial charge in [0.25, 0.3) is 0 Å². The zero-order valence-electron chi connectivity index (χ0n) is 13.7. The molecule has 0 saturated carbocycles. The maximum atomic E-state index is 13.4. The van der Waals surface area contributed by atoms with E-state index in [1.54, 1.807) is 0 Å². The molecule has 0 atom stereocenters. The molecule has 0 aliphatic rings. The molecule has 0 heterocycles. The zero-order chi connectivity index (χ0) is 23.0. The van der Waals surface area contributed by atoms with Gasteiger partial charge in [0.15, 0.2) is 0 Å². The summed E-state index contributed by atoms with van der Waals surface area (Å²) in [6.07, 6.45) is -18.9. The normalized spacial score (nSPS) is 15.9. The third kappa shape index (κ3) is 3.98. The van der Waals surface area contributed by atoms with Gasteiger partial charge in [-0.05, 0) is 6.42 Å². The Morgan fingerprint density at radius 1 is 0.464 bits per heavy atom. The van der Waals surface area contributed by atoms with E-state index in [0.717, 1.165) is 0 Å². The van der Waals surface area contributed by atoms with E-state index < -0.39 is 54.6 Å². The number of hydrogen-bond acceptors (Lipinski definition) is 0. The summed E-state index contributed by atoms with van der Waals surface area (Å²) in [6, 6.07) is 0. The Hall–Kier alpha value is -1.05. The molecule has 0 aromatic carbocycles. The average Bonchev–Trinajstić information content (AvgIpc) is 2.47. The summed E-state index contributed by atoms with van der Waals surface area (Å²) < 4.78 is 194. The Labute approximate surface area is 148 Å². The summed E-state index contributed by atoms with van der Waals surface area (Å²) in [6.45, 7) is 1.50. The molecule has 0 spiro atoms. The molecule has 15 heteroatoms. The molecule has 0 amide bonds. The second kappa shape index (κ2) is 7.65. The molecular weight excluding hydrogens is 441 g/mol. The van der Waals surface area contributed by atoms with Crippen LogP contribution in [-0.4, -0.2) is 41.7 Å². The van der Waals surface area contributed by atoms with Crippen LogP contribution in [-0.2, 0) is 0 Å². The van der Waals surface area contributed by atoms with E-state index in [1.165, 1.54) is 6.92 Å². The van der Waals surface area contributed by atoms with Crippen LogP contribution >= 0.6 is 0 Å². The third-order valence-corrected chi connectivity index (χ3v) is 3.81. The minimum Gasteiger partial charge on any atom is -0.216 e. The fourth-order valence-electron chi connectivity index (χ4n) is 2.09. The molecule has 0 aliphatic heterocycles. The van der Waals surface area contributed by atoms with Crippen molar-refractivity contribution in [2.45, 2.75) is 80.7 Å². The lowest BCUT2D eigenvalue weighted by Gasteiger charge is -2.43. The van der Waals surface area contributed by atoms with Gasteiger partial charge in [0.05, 0.1) is 0 Å². The molecular formula is C13H13F15. The first-order valence-electron chi connectivity index (χ1n) is 7.40. The fraction of sp³-hybridized carbons (Fsp3) is 1.00. The number of hydrogen-bond donors (Lipinski definition) is 0. The number of alkyl halides is 15. The van der Waals surface area contributed by atoms with Crippen molar-refractivity contribution in [1.29, 1.82) is 0 Å². The summed E-state index contributed by atoms with van der Waals surface area (Å²) in [5, 5.41) is 0. The van der Waals surface area contributed by atoms with Gasteiger partial charge in [-0.15, -0.1) is 0 Å². The smallest absolute Gasteiger partial charge is 0.216 e.